The lowest BCUT2D eigenvalue weighted by molar-refractivity contribution is 0.0734. The maximum atomic E-state index is 12.1. The number of rotatable bonds is 6. The van der Waals surface area contributed by atoms with Crippen LogP contribution < -0.4 is 9.47 Å². The topological polar surface area (TPSA) is 35.5 Å². The first-order chi connectivity index (χ1) is 10.6. The van der Waals surface area contributed by atoms with Gasteiger partial charge in [0.2, 0.25) is 0 Å². The fourth-order valence-corrected chi connectivity index (χ4v) is 2.12. The highest BCUT2D eigenvalue weighted by Gasteiger charge is 2.09. The maximum absolute atomic E-state index is 12.1. The molecule has 3 heteroatoms. The van der Waals surface area contributed by atoms with Crippen LogP contribution in [-0.2, 0) is 0 Å². The predicted octanol–water partition coefficient (Wildman–Crippen LogP) is 4.82. The van der Waals surface area contributed by atoms with E-state index >= 15 is 0 Å². The summed E-state index contributed by atoms with van der Waals surface area (Å²) in [7, 11) is 0. The summed E-state index contributed by atoms with van der Waals surface area (Å²) in [5, 5.41) is 0. The van der Waals surface area contributed by atoms with Crippen LogP contribution in [0.3, 0.4) is 0 Å². The van der Waals surface area contributed by atoms with E-state index < -0.39 is 0 Å². The van der Waals surface area contributed by atoms with Gasteiger partial charge in [0, 0.05) is 0 Å². The van der Waals surface area contributed by atoms with Crippen molar-refractivity contribution in [2.45, 2.75) is 33.1 Å². The normalized spacial score (nSPS) is 11.8. The summed E-state index contributed by atoms with van der Waals surface area (Å²) in [5.74, 6) is 1.46. The summed E-state index contributed by atoms with van der Waals surface area (Å²) in [6, 6.07) is 14.7. The molecule has 0 saturated carbocycles. The Morgan fingerprint density at radius 1 is 0.955 bits per heavy atom. The van der Waals surface area contributed by atoms with Gasteiger partial charge in [-0.25, -0.2) is 4.79 Å². The lowest BCUT2D eigenvalue weighted by Gasteiger charge is -2.10. The van der Waals surface area contributed by atoms with E-state index in [4.69, 9.17) is 9.47 Å². The predicted molar refractivity (Wildman–Crippen MR) is 87.7 cm³/mol. The third kappa shape index (κ3) is 4.10. The molecule has 0 fully saturated rings. The number of ether oxygens (including phenoxy) is 2. The summed E-state index contributed by atoms with van der Waals surface area (Å²) in [6.07, 6.45) is 1.09. The SMILES string of the molecule is CCOc1ccc(C(=O)Oc2ccc(C(C)CC)cc2)cc1. The molecule has 0 heterocycles. The van der Waals surface area contributed by atoms with Gasteiger partial charge in [-0.2, -0.15) is 0 Å². The van der Waals surface area contributed by atoms with E-state index in [-0.39, 0.29) is 5.97 Å². The molecule has 0 radical (unpaired) electrons. The molecular weight excluding hydrogens is 276 g/mol. The Hall–Kier alpha value is -2.29. The second-order valence-corrected chi connectivity index (χ2v) is 5.23. The van der Waals surface area contributed by atoms with Gasteiger partial charge < -0.3 is 9.47 Å². The molecule has 0 bridgehead atoms. The van der Waals surface area contributed by atoms with Crippen LogP contribution in [0.4, 0.5) is 0 Å². The zero-order valence-electron chi connectivity index (χ0n) is 13.3. The summed E-state index contributed by atoms with van der Waals surface area (Å²) < 4.78 is 10.7. The van der Waals surface area contributed by atoms with Gasteiger partial charge in [0.25, 0.3) is 0 Å². The highest BCUT2D eigenvalue weighted by molar-refractivity contribution is 5.91. The quantitative estimate of drug-likeness (QED) is 0.566. The molecule has 0 aliphatic carbocycles. The number of hydrogen-bond acceptors (Lipinski definition) is 3. The van der Waals surface area contributed by atoms with Crippen LogP contribution in [0, 0.1) is 0 Å². The van der Waals surface area contributed by atoms with E-state index in [2.05, 4.69) is 13.8 Å². The van der Waals surface area contributed by atoms with E-state index in [1.807, 2.05) is 31.2 Å². The molecule has 0 saturated heterocycles. The zero-order valence-corrected chi connectivity index (χ0v) is 13.3. The van der Waals surface area contributed by atoms with Crippen molar-refractivity contribution in [1.82, 2.24) is 0 Å². The molecule has 0 spiro atoms. The second-order valence-electron chi connectivity index (χ2n) is 5.23. The van der Waals surface area contributed by atoms with Gasteiger partial charge in [-0.1, -0.05) is 26.0 Å². The van der Waals surface area contributed by atoms with Crippen LogP contribution in [0.15, 0.2) is 48.5 Å². The number of carbonyl (C=O) groups is 1. The van der Waals surface area contributed by atoms with Crippen LogP contribution in [-0.4, -0.2) is 12.6 Å². The number of benzene rings is 2. The van der Waals surface area contributed by atoms with Crippen molar-refractivity contribution < 1.29 is 14.3 Å². The molecular formula is C19H22O3. The Morgan fingerprint density at radius 3 is 2.09 bits per heavy atom. The number of esters is 1. The largest absolute Gasteiger partial charge is 0.494 e. The molecule has 116 valence electrons. The highest BCUT2D eigenvalue weighted by Crippen LogP contribution is 2.22. The lowest BCUT2D eigenvalue weighted by Crippen LogP contribution is -2.08. The van der Waals surface area contributed by atoms with Crippen molar-refractivity contribution in [1.29, 1.82) is 0 Å². The first-order valence-electron chi connectivity index (χ1n) is 7.69. The van der Waals surface area contributed by atoms with Crippen LogP contribution in [0.5, 0.6) is 11.5 Å². The van der Waals surface area contributed by atoms with Crippen LogP contribution in [0.2, 0.25) is 0 Å². The minimum atomic E-state index is -0.362. The monoisotopic (exact) mass is 298 g/mol. The van der Waals surface area contributed by atoms with E-state index in [1.165, 1.54) is 5.56 Å². The first-order valence-corrected chi connectivity index (χ1v) is 7.69. The Morgan fingerprint density at radius 2 is 1.55 bits per heavy atom. The fourth-order valence-electron chi connectivity index (χ4n) is 2.12. The summed E-state index contributed by atoms with van der Waals surface area (Å²) in [4.78, 5) is 12.1. The van der Waals surface area contributed by atoms with Gasteiger partial charge in [-0.05, 0) is 61.2 Å². The molecule has 0 aliphatic rings. The van der Waals surface area contributed by atoms with Crippen molar-refractivity contribution in [2.75, 3.05) is 6.61 Å². The standard InChI is InChI=1S/C19H22O3/c1-4-14(3)15-6-12-18(13-7-15)22-19(20)16-8-10-17(11-9-16)21-5-2/h6-14H,4-5H2,1-3H3. The van der Waals surface area contributed by atoms with Gasteiger partial charge >= 0.3 is 5.97 Å². The van der Waals surface area contributed by atoms with Crippen LogP contribution in [0.25, 0.3) is 0 Å². The van der Waals surface area contributed by atoms with E-state index in [0.29, 0.717) is 23.8 Å². The second kappa shape index (κ2) is 7.64. The third-order valence-electron chi connectivity index (χ3n) is 3.67. The van der Waals surface area contributed by atoms with Crippen molar-refractivity contribution in [3.8, 4) is 11.5 Å². The summed E-state index contributed by atoms with van der Waals surface area (Å²) in [5.41, 5.74) is 1.76. The van der Waals surface area contributed by atoms with Gasteiger partial charge in [0.15, 0.2) is 0 Å². The van der Waals surface area contributed by atoms with E-state index in [0.717, 1.165) is 12.2 Å². The molecule has 2 rings (SSSR count). The minimum absolute atomic E-state index is 0.362. The van der Waals surface area contributed by atoms with Crippen LogP contribution >= 0.6 is 0 Å². The smallest absolute Gasteiger partial charge is 0.343 e. The number of carbonyl (C=O) groups excluding carboxylic acids is 1. The van der Waals surface area contributed by atoms with Gasteiger partial charge in [0.1, 0.15) is 11.5 Å². The van der Waals surface area contributed by atoms with Crippen molar-refractivity contribution in [2.24, 2.45) is 0 Å². The average molecular weight is 298 g/mol. The molecule has 1 atom stereocenters. The molecule has 2 aromatic carbocycles. The van der Waals surface area contributed by atoms with E-state index in [9.17, 15) is 4.79 Å². The molecule has 22 heavy (non-hydrogen) atoms. The van der Waals surface area contributed by atoms with Crippen molar-refractivity contribution in [3.63, 3.8) is 0 Å². The fraction of sp³-hybridized carbons (Fsp3) is 0.316. The molecule has 0 N–H and O–H groups in total. The first kappa shape index (κ1) is 16.1. The average Bonchev–Trinajstić information content (AvgIpc) is 2.55. The Bertz CT molecular complexity index is 600. The van der Waals surface area contributed by atoms with Gasteiger partial charge in [-0.3, -0.25) is 0 Å². The highest BCUT2D eigenvalue weighted by atomic mass is 16.5. The van der Waals surface area contributed by atoms with Crippen LogP contribution in [0.1, 0.15) is 49.0 Å². The Kier molecular flexibility index (Phi) is 5.59. The zero-order chi connectivity index (χ0) is 15.9. The number of hydrogen-bond donors (Lipinski definition) is 0. The summed E-state index contributed by atoms with van der Waals surface area (Å²) >= 11 is 0. The molecule has 0 aliphatic heterocycles. The van der Waals surface area contributed by atoms with E-state index in [1.54, 1.807) is 24.3 Å². The molecule has 0 amide bonds. The minimum Gasteiger partial charge on any atom is -0.494 e. The third-order valence-corrected chi connectivity index (χ3v) is 3.67. The molecule has 0 aromatic heterocycles. The van der Waals surface area contributed by atoms with Gasteiger partial charge in [-0.15, -0.1) is 0 Å². The maximum Gasteiger partial charge on any atom is 0.343 e. The lowest BCUT2D eigenvalue weighted by atomic mass is 9.99. The van der Waals surface area contributed by atoms with Gasteiger partial charge in [0.05, 0.1) is 12.2 Å². The summed E-state index contributed by atoms with van der Waals surface area (Å²) in [6.45, 7) is 6.86. The molecule has 2 aromatic rings. The Balaban J connectivity index is 2.02. The van der Waals surface area contributed by atoms with Crippen molar-refractivity contribution in [3.05, 3.63) is 59.7 Å². The Labute approximate surface area is 131 Å². The molecule has 1 unspecified atom stereocenters. The van der Waals surface area contributed by atoms with Crippen molar-refractivity contribution >= 4 is 5.97 Å². The molecule has 3 nitrogen and oxygen atoms in total.